The highest BCUT2D eigenvalue weighted by Gasteiger charge is 2.64. The Balaban J connectivity index is 3.44. The second-order valence-corrected chi connectivity index (χ2v) is 5.75. The third-order valence-corrected chi connectivity index (χ3v) is 3.16. The summed E-state index contributed by atoms with van der Waals surface area (Å²) in [6.45, 7) is 3.43. The van der Waals surface area contributed by atoms with Crippen LogP contribution >= 0.6 is 0 Å². The number of carbonyl (C=O) groups excluding carboxylic acids is 2. The highest BCUT2D eigenvalue weighted by Crippen LogP contribution is 2.35. The molecule has 1 aromatic carbocycles. The van der Waals surface area contributed by atoms with Crippen molar-refractivity contribution in [1.29, 1.82) is 0 Å². The van der Waals surface area contributed by atoms with Gasteiger partial charge in [-0.2, -0.15) is 26.3 Å². The van der Waals surface area contributed by atoms with Crippen molar-refractivity contribution in [1.82, 2.24) is 5.32 Å². The zero-order valence-electron chi connectivity index (χ0n) is 15.0. The van der Waals surface area contributed by atoms with Crippen LogP contribution in [0.1, 0.15) is 26.3 Å². The van der Waals surface area contributed by atoms with Crippen molar-refractivity contribution in [2.45, 2.75) is 44.9 Å². The van der Waals surface area contributed by atoms with Gasteiger partial charge in [0, 0.05) is 5.69 Å². The van der Waals surface area contributed by atoms with Crippen LogP contribution in [0.2, 0.25) is 0 Å². The molecule has 12 heteroatoms. The fourth-order valence-electron chi connectivity index (χ4n) is 2.02. The quantitative estimate of drug-likeness (QED) is 0.415. The number of nitrogens with one attached hydrogen (secondary N) is 2. The lowest BCUT2D eigenvalue weighted by Gasteiger charge is -2.35. The molecule has 0 bridgehead atoms. The number of hydrogen-bond donors (Lipinski definition) is 2. The fraction of sp³-hybridized carbons (Fsp3) is 0.500. The summed E-state index contributed by atoms with van der Waals surface area (Å²) in [5.74, 6) is -1.97. The van der Waals surface area contributed by atoms with Gasteiger partial charge in [0.05, 0.1) is 18.3 Å². The van der Waals surface area contributed by atoms with E-state index in [1.807, 2.05) is 0 Å². The minimum Gasteiger partial charge on any atom is -0.463 e. The molecule has 0 saturated carbocycles. The lowest BCUT2D eigenvalue weighted by atomic mass is 10.1. The highest BCUT2D eigenvalue weighted by molar-refractivity contribution is 5.89. The first kappa shape index (κ1) is 23.4. The number of alkyl carbamates (subject to hydrolysis) is 1. The zero-order chi connectivity index (χ0) is 21.8. The Morgan fingerprint density at radius 3 is 2.18 bits per heavy atom. The monoisotopic (exact) mass is 416 g/mol. The molecule has 0 unspecified atom stereocenters. The van der Waals surface area contributed by atoms with Crippen molar-refractivity contribution in [3.05, 3.63) is 29.8 Å². The summed E-state index contributed by atoms with van der Waals surface area (Å²) in [6, 6.07) is 2.69. The van der Waals surface area contributed by atoms with E-state index in [2.05, 4.69) is 9.47 Å². The average molecular weight is 416 g/mol. The Morgan fingerprint density at radius 2 is 1.71 bits per heavy atom. The second kappa shape index (κ2) is 8.57. The Kier molecular flexibility index (Phi) is 7.15. The molecule has 1 atom stereocenters. The number of halogens is 6. The summed E-state index contributed by atoms with van der Waals surface area (Å²) >= 11 is 0. The van der Waals surface area contributed by atoms with Gasteiger partial charge in [0.2, 0.25) is 0 Å². The number of rotatable bonds is 6. The van der Waals surface area contributed by atoms with Crippen LogP contribution < -0.4 is 10.6 Å². The van der Waals surface area contributed by atoms with Gasteiger partial charge >= 0.3 is 30.1 Å². The summed E-state index contributed by atoms with van der Waals surface area (Å²) in [5.41, 5.74) is -5.87. The summed E-state index contributed by atoms with van der Waals surface area (Å²) in [4.78, 5) is 23.9. The van der Waals surface area contributed by atoms with E-state index in [0.717, 1.165) is 12.1 Å². The van der Waals surface area contributed by atoms with E-state index in [1.165, 1.54) is 26.1 Å². The van der Waals surface area contributed by atoms with Crippen LogP contribution in [0.5, 0.6) is 0 Å². The van der Waals surface area contributed by atoms with E-state index in [0.29, 0.717) is 12.1 Å². The lowest BCUT2D eigenvalue weighted by molar-refractivity contribution is -0.205. The van der Waals surface area contributed by atoms with Crippen LogP contribution in [0.15, 0.2) is 24.3 Å². The molecule has 1 aromatic rings. The van der Waals surface area contributed by atoms with E-state index in [1.54, 1.807) is 5.32 Å². The predicted molar refractivity (Wildman–Crippen MR) is 85.2 cm³/mol. The number of anilines is 1. The molecule has 0 radical (unpaired) electrons. The van der Waals surface area contributed by atoms with Gasteiger partial charge in [0.1, 0.15) is 0 Å². The van der Waals surface area contributed by atoms with Crippen molar-refractivity contribution < 1.29 is 45.4 Å². The van der Waals surface area contributed by atoms with Crippen LogP contribution in [0.3, 0.4) is 0 Å². The third kappa shape index (κ3) is 5.67. The molecule has 0 saturated heterocycles. The zero-order valence-corrected chi connectivity index (χ0v) is 15.0. The number of amides is 1. The summed E-state index contributed by atoms with van der Waals surface area (Å²) < 4.78 is 88.9. The molecule has 0 aromatic heterocycles. The van der Waals surface area contributed by atoms with Crippen LogP contribution in [0, 0.1) is 0 Å². The summed E-state index contributed by atoms with van der Waals surface area (Å²) in [5, 5.41) is 2.96. The van der Waals surface area contributed by atoms with E-state index in [4.69, 9.17) is 0 Å². The van der Waals surface area contributed by atoms with Crippen molar-refractivity contribution in [3.8, 4) is 0 Å². The molecular formula is C16H18F6N2O4. The van der Waals surface area contributed by atoms with Gasteiger partial charge in [-0.15, -0.1) is 0 Å². The molecule has 158 valence electrons. The maximum absolute atomic E-state index is 13.8. The van der Waals surface area contributed by atoms with Crippen LogP contribution in [0.25, 0.3) is 0 Å². The summed E-state index contributed by atoms with van der Waals surface area (Å²) in [7, 11) is 0. The molecule has 0 aliphatic carbocycles. The molecule has 28 heavy (non-hydrogen) atoms. The standard InChI is InChI=1S/C16H18F6N2O4/c1-4-27-12(25)14(16(20,21)22,24-13(26)28-9(2)3)23-11-7-5-6-10(8-11)15(17,18)19/h5-9,23H,4H2,1-3H3,(H,24,26)/t14-/m1/s1. The maximum Gasteiger partial charge on any atom is 0.442 e. The Morgan fingerprint density at radius 1 is 1.11 bits per heavy atom. The summed E-state index contributed by atoms with van der Waals surface area (Å²) in [6.07, 6.45) is -12.8. The first-order valence-corrected chi connectivity index (χ1v) is 7.91. The number of benzene rings is 1. The van der Waals surface area contributed by atoms with Gasteiger partial charge in [0.15, 0.2) is 0 Å². The number of hydrogen-bond acceptors (Lipinski definition) is 5. The molecule has 1 amide bonds. The normalized spacial score (nSPS) is 14.2. The topological polar surface area (TPSA) is 76.7 Å². The van der Waals surface area contributed by atoms with E-state index >= 15 is 0 Å². The minimum absolute atomic E-state index is 0.356. The van der Waals surface area contributed by atoms with Gasteiger partial charge in [-0.1, -0.05) is 6.07 Å². The average Bonchev–Trinajstić information content (AvgIpc) is 2.52. The first-order valence-electron chi connectivity index (χ1n) is 7.91. The molecule has 0 aliphatic rings. The van der Waals surface area contributed by atoms with E-state index in [-0.39, 0.29) is 0 Å². The van der Waals surface area contributed by atoms with Crippen LogP contribution in [0.4, 0.5) is 36.8 Å². The number of ether oxygens (including phenoxy) is 2. The second-order valence-electron chi connectivity index (χ2n) is 5.75. The maximum atomic E-state index is 13.8. The van der Waals surface area contributed by atoms with Gasteiger partial charge in [0.25, 0.3) is 0 Å². The Labute approximate surface area is 156 Å². The number of esters is 1. The first-order chi connectivity index (χ1) is 12.7. The van der Waals surface area contributed by atoms with Crippen molar-refractivity contribution in [3.63, 3.8) is 0 Å². The SMILES string of the molecule is CCOC(=O)[C@](NC(=O)OC(C)C)(Nc1cccc(C(F)(F)F)c1)C(F)(F)F. The van der Waals surface area contributed by atoms with E-state index in [9.17, 15) is 35.9 Å². The lowest BCUT2D eigenvalue weighted by Crippen LogP contribution is -2.69. The number of alkyl halides is 6. The van der Waals surface area contributed by atoms with Gasteiger partial charge in [-0.3, -0.25) is 5.32 Å². The molecule has 0 aliphatic heterocycles. The van der Waals surface area contributed by atoms with E-state index < -0.39 is 54.0 Å². The van der Waals surface area contributed by atoms with Crippen molar-refractivity contribution >= 4 is 17.7 Å². The van der Waals surface area contributed by atoms with Crippen molar-refractivity contribution in [2.75, 3.05) is 11.9 Å². The highest BCUT2D eigenvalue weighted by atomic mass is 19.4. The minimum atomic E-state index is -5.50. The molecule has 0 fully saturated rings. The van der Waals surface area contributed by atoms with Crippen molar-refractivity contribution in [2.24, 2.45) is 0 Å². The smallest absolute Gasteiger partial charge is 0.442 e. The largest absolute Gasteiger partial charge is 0.463 e. The van der Waals surface area contributed by atoms with Crippen LogP contribution in [-0.2, 0) is 20.4 Å². The number of carbonyl (C=O) groups is 2. The molecule has 0 spiro atoms. The van der Waals surface area contributed by atoms with Gasteiger partial charge in [-0.25, -0.2) is 9.59 Å². The molecule has 6 nitrogen and oxygen atoms in total. The molecule has 0 heterocycles. The molecular weight excluding hydrogens is 398 g/mol. The van der Waals surface area contributed by atoms with Gasteiger partial charge in [-0.05, 0) is 39.0 Å². The molecule has 2 N–H and O–H groups in total. The fourth-order valence-corrected chi connectivity index (χ4v) is 2.02. The predicted octanol–water partition coefficient (Wildman–Crippen LogP) is 4.07. The van der Waals surface area contributed by atoms with Gasteiger partial charge < -0.3 is 14.8 Å². The Bertz CT molecular complexity index is 705. The Hall–Kier alpha value is -2.66. The van der Waals surface area contributed by atoms with Crippen LogP contribution in [-0.4, -0.2) is 36.6 Å². The molecule has 1 rings (SSSR count). The third-order valence-electron chi connectivity index (χ3n) is 3.16.